The molecule has 6 heteroatoms. The summed E-state index contributed by atoms with van der Waals surface area (Å²) in [6.07, 6.45) is 0.928. The Morgan fingerprint density at radius 2 is 1.76 bits per heavy atom. The Morgan fingerprint density at radius 1 is 1.08 bits per heavy atom. The summed E-state index contributed by atoms with van der Waals surface area (Å²) in [6.45, 7) is 2.58. The Balaban J connectivity index is 1.54. The van der Waals surface area contributed by atoms with E-state index in [0.717, 1.165) is 18.6 Å². The maximum Gasteiger partial charge on any atom is 0.254 e. The van der Waals surface area contributed by atoms with Gasteiger partial charge in [0.05, 0.1) is 5.92 Å². The highest BCUT2D eigenvalue weighted by Crippen LogP contribution is 2.21. The first-order valence-electron chi connectivity index (χ1n) is 8.12. The lowest BCUT2D eigenvalue weighted by atomic mass is 9.97. The molecule has 0 unspecified atom stereocenters. The number of rotatable bonds is 4. The lowest BCUT2D eigenvalue weighted by molar-refractivity contribution is -0.123. The Kier molecular flexibility index (Phi) is 4.79. The summed E-state index contributed by atoms with van der Waals surface area (Å²) in [5.74, 6) is -2.92. The van der Waals surface area contributed by atoms with Gasteiger partial charge in [0, 0.05) is 24.3 Å². The minimum absolute atomic E-state index is 0.0768. The van der Waals surface area contributed by atoms with Gasteiger partial charge in [-0.25, -0.2) is 8.78 Å². The van der Waals surface area contributed by atoms with Crippen molar-refractivity contribution in [1.82, 2.24) is 4.90 Å². The molecule has 0 aliphatic carbocycles. The quantitative estimate of drug-likeness (QED) is 0.926. The smallest absolute Gasteiger partial charge is 0.254 e. The third-order valence-corrected chi connectivity index (χ3v) is 4.34. The highest BCUT2D eigenvalue weighted by atomic mass is 19.2. The molecule has 0 bridgehead atoms. The van der Waals surface area contributed by atoms with Crippen molar-refractivity contribution in [3.8, 4) is 0 Å². The SMILES string of the molecule is CCc1ccc(NC(=O)C2CN(C(=O)c3ccc(F)c(F)c3)C2)cc1. The molecule has 1 saturated heterocycles. The molecule has 1 aliphatic rings. The number of halogens is 2. The number of aryl methyl sites for hydroxylation is 1. The van der Waals surface area contributed by atoms with Gasteiger partial charge in [-0.1, -0.05) is 19.1 Å². The van der Waals surface area contributed by atoms with Crippen molar-refractivity contribution < 1.29 is 18.4 Å². The van der Waals surface area contributed by atoms with Crippen LogP contribution in [0.3, 0.4) is 0 Å². The molecule has 1 aliphatic heterocycles. The fourth-order valence-electron chi connectivity index (χ4n) is 2.69. The second-order valence-electron chi connectivity index (χ2n) is 6.08. The molecule has 1 N–H and O–H groups in total. The molecule has 0 spiro atoms. The molecular formula is C19H18F2N2O2. The molecule has 0 saturated carbocycles. The van der Waals surface area contributed by atoms with Gasteiger partial charge in [0.25, 0.3) is 5.91 Å². The number of nitrogens with one attached hydrogen (secondary N) is 1. The van der Waals surface area contributed by atoms with Crippen LogP contribution in [-0.4, -0.2) is 29.8 Å². The summed E-state index contributed by atoms with van der Waals surface area (Å²) < 4.78 is 26.1. The number of anilines is 1. The maximum absolute atomic E-state index is 13.2. The van der Waals surface area contributed by atoms with E-state index in [9.17, 15) is 18.4 Å². The standard InChI is InChI=1S/C19H18F2N2O2/c1-2-12-3-6-15(7-4-12)22-18(24)14-10-23(11-14)19(25)13-5-8-16(20)17(21)9-13/h3-9,14H,2,10-11H2,1H3,(H,22,24). The van der Waals surface area contributed by atoms with Crippen LogP contribution in [-0.2, 0) is 11.2 Å². The average molecular weight is 344 g/mol. The van der Waals surface area contributed by atoms with E-state index in [2.05, 4.69) is 12.2 Å². The van der Waals surface area contributed by atoms with Gasteiger partial charge < -0.3 is 10.2 Å². The van der Waals surface area contributed by atoms with E-state index in [1.54, 1.807) is 0 Å². The normalized spacial score (nSPS) is 14.1. The van der Waals surface area contributed by atoms with Crippen molar-refractivity contribution in [3.63, 3.8) is 0 Å². The third-order valence-electron chi connectivity index (χ3n) is 4.34. The van der Waals surface area contributed by atoms with Crippen LogP contribution in [0.5, 0.6) is 0 Å². The van der Waals surface area contributed by atoms with Crippen molar-refractivity contribution >= 4 is 17.5 Å². The van der Waals surface area contributed by atoms with E-state index in [4.69, 9.17) is 0 Å². The zero-order valence-corrected chi connectivity index (χ0v) is 13.8. The van der Waals surface area contributed by atoms with Gasteiger partial charge in [0.15, 0.2) is 11.6 Å². The molecule has 4 nitrogen and oxygen atoms in total. The summed E-state index contributed by atoms with van der Waals surface area (Å²) in [4.78, 5) is 25.8. The van der Waals surface area contributed by atoms with Gasteiger partial charge in [0.1, 0.15) is 0 Å². The van der Waals surface area contributed by atoms with Crippen LogP contribution in [0.15, 0.2) is 42.5 Å². The van der Waals surface area contributed by atoms with Crippen LogP contribution in [0.25, 0.3) is 0 Å². The van der Waals surface area contributed by atoms with Crippen LogP contribution >= 0.6 is 0 Å². The average Bonchev–Trinajstić information content (AvgIpc) is 2.56. The van der Waals surface area contributed by atoms with Crippen LogP contribution in [0.2, 0.25) is 0 Å². The maximum atomic E-state index is 13.2. The topological polar surface area (TPSA) is 49.4 Å². The second kappa shape index (κ2) is 7.01. The summed E-state index contributed by atoms with van der Waals surface area (Å²) in [7, 11) is 0. The van der Waals surface area contributed by atoms with Gasteiger partial charge >= 0.3 is 0 Å². The van der Waals surface area contributed by atoms with Crippen molar-refractivity contribution in [1.29, 1.82) is 0 Å². The number of benzene rings is 2. The van der Waals surface area contributed by atoms with E-state index >= 15 is 0 Å². The molecule has 0 aromatic heterocycles. The molecule has 2 aromatic rings. The molecule has 0 atom stereocenters. The fraction of sp³-hybridized carbons (Fsp3) is 0.263. The highest BCUT2D eigenvalue weighted by molar-refractivity contribution is 5.98. The van der Waals surface area contributed by atoms with Gasteiger partial charge in [-0.05, 0) is 42.3 Å². The second-order valence-corrected chi connectivity index (χ2v) is 6.08. The zero-order valence-electron chi connectivity index (χ0n) is 13.8. The summed E-state index contributed by atoms with van der Waals surface area (Å²) in [5.41, 5.74) is 1.98. The molecule has 1 heterocycles. The molecule has 1 fully saturated rings. The molecule has 0 radical (unpaired) electrons. The first kappa shape index (κ1) is 17.1. The number of hydrogen-bond donors (Lipinski definition) is 1. The van der Waals surface area contributed by atoms with Crippen LogP contribution in [0.4, 0.5) is 14.5 Å². The Hall–Kier alpha value is -2.76. The van der Waals surface area contributed by atoms with E-state index in [-0.39, 0.29) is 30.5 Å². The molecule has 130 valence electrons. The van der Waals surface area contributed by atoms with Crippen molar-refractivity contribution in [2.75, 3.05) is 18.4 Å². The van der Waals surface area contributed by atoms with Crippen LogP contribution in [0, 0.1) is 17.6 Å². The minimum atomic E-state index is -1.06. The summed E-state index contributed by atoms with van der Waals surface area (Å²) in [5, 5.41) is 2.82. The van der Waals surface area contributed by atoms with E-state index < -0.39 is 17.5 Å². The monoisotopic (exact) mass is 344 g/mol. The Labute approximate surface area is 144 Å². The molecule has 25 heavy (non-hydrogen) atoms. The number of nitrogens with zero attached hydrogens (tertiary/aromatic N) is 1. The number of carbonyl (C=O) groups excluding carboxylic acids is 2. The summed E-state index contributed by atoms with van der Waals surface area (Å²) >= 11 is 0. The number of hydrogen-bond acceptors (Lipinski definition) is 2. The van der Waals surface area contributed by atoms with Gasteiger partial charge in [0.2, 0.25) is 5.91 Å². The Bertz CT molecular complexity index is 800. The van der Waals surface area contributed by atoms with Crippen LogP contribution < -0.4 is 5.32 Å². The van der Waals surface area contributed by atoms with Gasteiger partial charge in [-0.15, -0.1) is 0 Å². The van der Waals surface area contributed by atoms with Gasteiger partial charge in [-0.3, -0.25) is 9.59 Å². The zero-order chi connectivity index (χ0) is 18.0. The predicted molar refractivity (Wildman–Crippen MR) is 90.2 cm³/mol. The van der Waals surface area contributed by atoms with Crippen LogP contribution in [0.1, 0.15) is 22.8 Å². The predicted octanol–water partition coefficient (Wildman–Crippen LogP) is 3.24. The van der Waals surface area contributed by atoms with E-state index in [0.29, 0.717) is 5.69 Å². The number of carbonyl (C=O) groups is 2. The molecule has 3 rings (SSSR count). The highest BCUT2D eigenvalue weighted by Gasteiger charge is 2.36. The van der Waals surface area contributed by atoms with Crippen molar-refractivity contribution in [3.05, 3.63) is 65.2 Å². The largest absolute Gasteiger partial charge is 0.337 e. The van der Waals surface area contributed by atoms with E-state index in [1.165, 1.54) is 16.5 Å². The van der Waals surface area contributed by atoms with Gasteiger partial charge in [-0.2, -0.15) is 0 Å². The number of likely N-dealkylation sites (tertiary alicyclic amines) is 1. The molecule has 2 amide bonds. The van der Waals surface area contributed by atoms with Crippen molar-refractivity contribution in [2.24, 2.45) is 5.92 Å². The minimum Gasteiger partial charge on any atom is -0.337 e. The lowest BCUT2D eigenvalue weighted by Crippen LogP contribution is -2.54. The Morgan fingerprint density at radius 3 is 2.36 bits per heavy atom. The van der Waals surface area contributed by atoms with Crippen molar-refractivity contribution in [2.45, 2.75) is 13.3 Å². The molecular weight excluding hydrogens is 326 g/mol. The summed E-state index contributed by atoms with van der Waals surface area (Å²) in [6, 6.07) is 10.6. The first-order chi connectivity index (χ1) is 12.0. The number of amides is 2. The third kappa shape index (κ3) is 3.68. The van der Waals surface area contributed by atoms with E-state index in [1.807, 2.05) is 24.3 Å². The fourth-order valence-corrected chi connectivity index (χ4v) is 2.69. The lowest BCUT2D eigenvalue weighted by Gasteiger charge is -2.38. The first-order valence-corrected chi connectivity index (χ1v) is 8.12. The molecule has 2 aromatic carbocycles.